The number of piperazine rings is 2. The van der Waals surface area contributed by atoms with E-state index in [0.29, 0.717) is 6.54 Å². The van der Waals surface area contributed by atoms with Crippen LogP contribution in [0.2, 0.25) is 0 Å². The summed E-state index contributed by atoms with van der Waals surface area (Å²) >= 11 is 0. The van der Waals surface area contributed by atoms with Crippen molar-refractivity contribution in [3.8, 4) is 0 Å². The van der Waals surface area contributed by atoms with Gasteiger partial charge in [0.2, 0.25) is 5.91 Å². The van der Waals surface area contributed by atoms with Gasteiger partial charge in [0.1, 0.15) is 5.82 Å². The van der Waals surface area contributed by atoms with Crippen LogP contribution in [0.3, 0.4) is 0 Å². The van der Waals surface area contributed by atoms with Gasteiger partial charge in [0.15, 0.2) is 0 Å². The molecule has 154 valence electrons. The van der Waals surface area contributed by atoms with Crippen molar-refractivity contribution in [2.75, 3.05) is 63.8 Å². The van der Waals surface area contributed by atoms with Crippen LogP contribution < -0.4 is 4.90 Å². The quantitative estimate of drug-likeness (QED) is 0.776. The fourth-order valence-corrected chi connectivity index (χ4v) is 4.19. The van der Waals surface area contributed by atoms with Gasteiger partial charge in [0.25, 0.3) is 0 Å². The summed E-state index contributed by atoms with van der Waals surface area (Å²) in [5.41, 5.74) is 2.66. The van der Waals surface area contributed by atoms with E-state index < -0.39 is 0 Å². The van der Waals surface area contributed by atoms with Crippen LogP contribution in [0.15, 0.2) is 48.7 Å². The van der Waals surface area contributed by atoms with E-state index in [2.05, 4.69) is 56.9 Å². The highest BCUT2D eigenvalue weighted by Gasteiger charge is 2.25. The van der Waals surface area contributed by atoms with Crippen LogP contribution in [-0.4, -0.2) is 84.5 Å². The lowest BCUT2D eigenvalue weighted by molar-refractivity contribution is -0.134. The minimum absolute atomic E-state index is 0.270. The summed E-state index contributed by atoms with van der Waals surface area (Å²) in [5, 5.41) is 0. The highest BCUT2D eigenvalue weighted by Crippen LogP contribution is 2.14. The van der Waals surface area contributed by atoms with E-state index in [1.54, 1.807) is 0 Å². The molecule has 2 aliphatic heterocycles. The third-order valence-electron chi connectivity index (χ3n) is 5.92. The molecule has 3 heterocycles. The van der Waals surface area contributed by atoms with Gasteiger partial charge in [-0.25, -0.2) is 4.98 Å². The predicted octanol–water partition coefficient (Wildman–Crippen LogP) is 1.86. The van der Waals surface area contributed by atoms with Crippen LogP contribution in [0.25, 0.3) is 0 Å². The number of nitrogens with zero attached hydrogens (tertiary/aromatic N) is 5. The Kier molecular flexibility index (Phi) is 6.42. The van der Waals surface area contributed by atoms with Crippen molar-refractivity contribution in [3.63, 3.8) is 0 Å². The normalized spacial score (nSPS) is 18.8. The van der Waals surface area contributed by atoms with Crippen LogP contribution in [0, 0.1) is 6.92 Å². The lowest BCUT2D eigenvalue weighted by Gasteiger charge is -2.38. The highest BCUT2D eigenvalue weighted by molar-refractivity contribution is 5.78. The highest BCUT2D eigenvalue weighted by atomic mass is 16.2. The molecule has 0 bridgehead atoms. The van der Waals surface area contributed by atoms with E-state index in [9.17, 15) is 4.79 Å². The maximum Gasteiger partial charge on any atom is 0.236 e. The van der Waals surface area contributed by atoms with Gasteiger partial charge in [-0.05, 0) is 24.6 Å². The zero-order chi connectivity index (χ0) is 20.1. The van der Waals surface area contributed by atoms with E-state index in [1.165, 1.54) is 11.1 Å². The molecule has 1 aromatic heterocycles. The van der Waals surface area contributed by atoms with Gasteiger partial charge < -0.3 is 9.80 Å². The zero-order valence-electron chi connectivity index (χ0n) is 17.3. The fourth-order valence-electron chi connectivity index (χ4n) is 4.19. The van der Waals surface area contributed by atoms with Gasteiger partial charge in [0, 0.05) is 65.1 Å². The average Bonchev–Trinajstić information content (AvgIpc) is 2.75. The molecule has 0 radical (unpaired) electrons. The van der Waals surface area contributed by atoms with Crippen molar-refractivity contribution in [1.82, 2.24) is 19.7 Å². The molecular formula is C23H31N5O. The second-order valence-electron chi connectivity index (χ2n) is 8.10. The Morgan fingerprint density at radius 1 is 0.897 bits per heavy atom. The first-order valence-corrected chi connectivity index (χ1v) is 10.6. The van der Waals surface area contributed by atoms with Crippen LogP contribution >= 0.6 is 0 Å². The molecule has 2 saturated heterocycles. The van der Waals surface area contributed by atoms with E-state index in [1.807, 2.05) is 23.2 Å². The van der Waals surface area contributed by atoms with E-state index in [4.69, 9.17) is 0 Å². The van der Waals surface area contributed by atoms with Gasteiger partial charge >= 0.3 is 0 Å². The number of rotatable bonds is 5. The smallest absolute Gasteiger partial charge is 0.236 e. The van der Waals surface area contributed by atoms with Crippen LogP contribution in [-0.2, 0) is 11.3 Å². The molecule has 29 heavy (non-hydrogen) atoms. The molecule has 0 spiro atoms. The van der Waals surface area contributed by atoms with Crippen molar-refractivity contribution in [3.05, 3.63) is 59.8 Å². The molecule has 0 saturated carbocycles. The Hall–Kier alpha value is -2.44. The fraction of sp³-hybridized carbons (Fsp3) is 0.478. The molecule has 6 nitrogen and oxygen atoms in total. The van der Waals surface area contributed by atoms with Crippen molar-refractivity contribution in [2.45, 2.75) is 13.5 Å². The number of amides is 1. The molecule has 0 N–H and O–H groups in total. The Balaban J connectivity index is 1.19. The molecule has 2 fully saturated rings. The zero-order valence-corrected chi connectivity index (χ0v) is 17.3. The van der Waals surface area contributed by atoms with Gasteiger partial charge in [0.05, 0.1) is 6.54 Å². The van der Waals surface area contributed by atoms with Gasteiger partial charge in [-0.15, -0.1) is 0 Å². The third-order valence-corrected chi connectivity index (χ3v) is 5.92. The van der Waals surface area contributed by atoms with E-state index in [-0.39, 0.29) is 5.91 Å². The molecule has 1 aromatic carbocycles. The third kappa shape index (κ3) is 5.34. The summed E-state index contributed by atoms with van der Waals surface area (Å²) in [4.78, 5) is 26.3. The van der Waals surface area contributed by atoms with Gasteiger partial charge in [-0.3, -0.25) is 14.6 Å². The summed E-state index contributed by atoms with van der Waals surface area (Å²) in [5.74, 6) is 1.30. The number of aryl methyl sites for hydroxylation is 1. The first-order valence-electron chi connectivity index (χ1n) is 10.6. The monoisotopic (exact) mass is 393 g/mol. The van der Waals surface area contributed by atoms with Gasteiger partial charge in [-0.1, -0.05) is 35.9 Å². The molecule has 2 aromatic rings. The minimum Gasteiger partial charge on any atom is -0.354 e. The molecule has 4 rings (SSSR count). The Bertz CT molecular complexity index is 796. The molecule has 0 aliphatic carbocycles. The maximum atomic E-state index is 12.8. The predicted molar refractivity (Wildman–Crippen MR) is 116 cm³/mol. The molecular weight excluding hydrogens is 362 g/mol. The molecule has 0 unspecified atom stereocenters. The Morgan fingerprint density at radius 2 is 1.66 bits per heavy atom. The number of hydrogen-bond donors (Lipinski definition) is 0. The number of pyridine rings is 1. The summed E-state index contributed by atoms with van der Waals surface area (Å²) in [6.45, 7) is 10.9. The molecule has 0 atom stereocenters. The summed E-state index contributed by atoms with van der Waals surface area (Å²) in [6.07, 6.45) is 1.84. The van der Waals surface area contributed by atoms with Crippen LogP contribution in [0.4, 0.5) is 5.82 Å². The maximum absolute atomic E-state index is 12.8. The summed E-state index contributed by atoms with van der Waals surface area (Å²) < 4.78 is 0. The molecule has 1 amide bonds. The lowest BCUT2D eigenvalue weighted by atomic mass is 10.1. The number of aromatic nitrogens is 1. The topological polar surface area (TPSA) is 42.9 Å². The molecule has 6 heteroatoms. The largest absolute Gasteiger partial charge is 0.354 e. The molecule has 2 aliphatic rings. The Morgan fingerprint density at radius 3 is 2.34 bits per heavy atom. The number of benzene rings is 1. The standard InChI is InChI=1S/C23H31N5O/c1-20-5-4-6-21(17-20)18-25-11-15-28(16-12-25)23(29)19-26-9-13-27(14-10-26)22-7-2-3-8-24-22/h2-8,17H,9-16,18-19H2,1H3. The first-order chi connectivity index (χ1) is 14.2. The SMILES string of the molecule is Cc1cccc(CN2CCN(C(=O)CN3CCN(c4ccccn4)CC3)CC2)c1. The van der Waals surface area contributed by atoms with Crippen molar-refractivity contribution in [2.24, 2.45) is 0 Å². The van der Waals surface area contributed by atoms with Crippen LogP contribution in [0.5, 0.6) is 0 Å². The van der Waals surface area contributed by atoms with Crippen molar-refractivity contribution < 1.29 is 4.79 Å². The van der Waals surface area contributed by atoms with E-state index >= 15 is 0 Å². The lowest BCUT2D eigenvalue weighted by Crippen LogP contribution is -2.53. The summed E-state index contributed by atoms with van der Waals surface area (Å²) in [6, 6.07) is 14.7. The van der Waals surface area contributed by atoms with Crippen LogP contribution in [0.1, 0.15) is 11.1 Å². The van der Waals surface area contributed by atoms with Crippen molar-refractivity contribution in [1.29, 1.82) is 0 Å². The van der Waals surface area contributed by atoms with Crippen molar-refractivity contribution >= 4 is 11.7 Å². The number of anilines is 1. The first kappa shape index (κ1) is 19.9. The second kappa shape index (κ2) is 9.37. The van der Waals surface area contributed by atoms with E-state index in [0.717, 1.165) is 64.7 Å². The second-order valence-corrected chi connectivity index (χ2v) is 8.10. The minimum atomic E-state index is 0.270. The number of carbonyl (C=O) groups excluding carboxylic acids is 1. The van der Waals surface area contributed by atoms with Gasteiger partial charge in [-0.2, -0.15) is 0 Å². The summed E-state index contributed by atoms with van der Waals surface area (Å²) in [7, 11) is 0. The number of carbonyl (C=O) groups is 1. The Labute approximate surface area is 173 Å². The number of hydrogen-bond acceptors (Lipinski definition) is 5. The average molecular weight is 394 g/mol.